The molecule has 0 N–H and O–H groups in total. The van der Waals surface area contributed by atoms with E-state index in [0.717, 1.165) is 30.6 Å². The average Bonchev–Trinajstić information content (AvgIpc) is 2.13. The molecule has 0 spiro atoms. The molecule has 90 valence electrons. The second kappa shape index (κ2) is 3.48. The molecule has 2 nitrogen and oxygen atoms in total. The molecule has 0 amide bonds. The lowest BCUT2D eigenvalue weighted by Gasteiger charge is -2.60. The highest BCUT2D eigenvalue weighted by molar-refractivity contribution is 5.66. The summed E-state index contributed by atoms with van der Waals surface area (Å²) in [7, 11) is 0. The fourth-order valence-corrected chi connectivity index (χ4v) is 5.22. The maximum Gasteiger partial charge on any atom is 0.303 e. The van der Waals surface area contributed by atoms with Gasteiger partial charge in [0.25, 0.3) is 0 Å². The van der Waals surface area contributed by atoms with E-state index in [0.29, 0.717) is 5.92 Å². The Balaban J connectivity index is 1.91. The zero-order valence-corrected chi connectivity index (χ0v) is 10.4. The molecule has 3 unspecified atom stereocenters. The van der Waals surface area contributed by atoms with Crippen LogP contribution in [0.15, 0.2) is 0 Å². The first-order valence-electron chi connectivity index (χ1n) is 6.82. The predicted molar refractivity (Wildman–Crippen MR) is 61.8 cm³/mol. The minimum Gasteiger partial charge on any atom is -0.459 e. The summed E-state index contributed by atoms with van der Waals surface area (Å²) in [5.41, 5.74) is -0.0602. The highest BCUT2D eigenvalue weighted by Crippen LogP contribution is 2.60. The highest BCUT2D eigenvalue weighted by Gasteiger charge is 2.58. The third kappa shape index (κ3) is 1.42. The van der Waals surface area contributed by atoms with Gasteiger partial charge in [0, 0.05) is 12.8 Å². The predicted octanol–water partition coefficient (Wildman–Crippen LogP) is 3.15. The number of carbonyl (C=O) groups is 1. The van der Waals surface area contributed by atoms with E-state index in [1.165, 1.54) is 25.7 Å². The number of ether oxygens (including phenoxy) is 1. The Morgan fingerprint density at radius 1 is 1.25 bits per heavy atom. The van der Waals surface area contributed by atoms with E-state index >= 15 is 0 Å². The van der Waals surface area contributed by atoms with Crippen molar-refractivity contribution in [3.8, 4) is 0 Å². The van der Waals surface area contributed by atoms with Gasteiger partial charge in [0.2, 0.25) is 0 Å². The molecule has 0 aromatic carbocycles. The van der Waals surface area contributed by atoms with Crippen LogP contribution >= 0.6 is 0 Å². The molecule has 4 aliphatic carbocycles. The van der Waals surface area contributed by atoms with Crippen LogP contribution in [0.25, 0.3) is 0 Å². The van der Waals surface area contributed by atoms with Crippen molar-refractivity contribution in [1.29, 1.82) is 0 Å². The van der Waals surface area contributed by atoms with Crippen molar-refractivity contribution < 1.29 is 9.53 Å². The molecule has 0 heterocycles. The van der Waals surface area contributed by atoms with Gasteiger partial charge in [-0.3, -0.25) is 4.79 Å². The number of hydrogen-bond donors (Lipinski definition) is 0. The highest BCUT2D eigenvalue weighted by atomic mass is 16.6. The summed E-state index contributed by atoms with van der Waals surface area (Å²) in [5, 5.41) is 0. The number of rotatable bonds is 2. The van der Waals surface area contributed by atoms with Gasteiger partial charge in [0.1, 0.15) is 5.60 Å². The Morgan fingerprint density at radius 2 is 1.88 bits per heavy atom. The molecule has 2 heteroatoms. The molecular formula is C14H22O2. The van der Waals surface area contributed by atoms with Crippen molar-refractivity contribution in [3.05, 3.63) is 0 Å². The third-order valence-corrected chi connectivity index (χ3v) is 5.24. The molecule has 4 aliphatic rings. The molecule has 4 rings (SSSR count). The lowest BCUT2D eigenvalue weighted by molar-refractivity contribution is -0.206. The Hall–Kier alpha value is -0.530. The van der Waals surface area contributed by atoms with Gasteiger partial charge in [-0.25, -0.2) is 0 Å². The molecule has 0 saturated heterocycles. The van der Waals surface area contributed by atoms with Crippen molar-refractivity contribution in [1.82, 2.24) is 0 Å². The number of esters is 1. The largest absolute Gasteiger partial charge is 0.459 e. The summed E-state index contributed by atoms with van der Waals surface area (Å²) in [5.74, 6) is 3.11. The van der Waals surface area contributed by atoms with Gasteiger partial charge >= 0.3 is 5.97 Å². The first-order valence-corrected chi connectivity index (χ1v) is 6.82. The van der Waals surface area contributed by atoms with Crippen LogP contribution in [0.5, 0.6) is 0 Å². The second-order valence-electron chi connectivity index (χ2n) is 6.28. The van der Waals surface area contributed by atoms with Crippen LogP contribution in [-0.2, 0) is 9.53 Å². The summed E-state index contributed by atoms with van der Waals surface area (Å²) in [6, 6.07) is 0. The fourth-order valence-electron chi connectivity index (χ4n) is 5.22. The average molecular weight is 222 g/mol. The Morgan fingerprint density at radius 3 is 2.38 bits per heavy atom. The lowest BCUT2D eigenvalue weighted by atomic mass is 9.49. The summed E-state index contributed by atoms with van der Waals surface area (Å²) >= 11 is 0. The number of hydrogen-bond acceptors (Lipinski definition) is 2. The van der Waals surface area contributed by atoms with Gasteiger partial charge < -0.3 is 4.74 Å². The van der Waals surface area contributed by atoms with Crippen LogP contribution in [0.4, 0.5) is 0 Å². The molecule has 0 aromatic rings. The molecule has 0 aliphatic heterocycles. The first kappa shape index (κ1) is 10.6. The van der Waals surface area contributed by atoms with Crippen molar-refractivity contribution in [2.24, 2.45) is 23.7 Å². The molecule has 16 heavy (non-hydrogen) atoms. The van der Waals surface area contributed by atoms with Crippen molar-refractivity contribution in [2.75, 3.05) is 0 Å². The SMILES string of the molecule is CCC1C2CC3CC(C2)CC1(OC(C)=O)C3. The van der Waals surface area contributed by atoms with Crippen molar-refractivity contribution in [3.63, 3.8) is 0 Å². The smallest absolute Gasteiger partial charge is 0.303 e. The van der Waals surface area contributed by atoms with Crippen LogP contribution in [0.2, 0.25) is 0 Å². The minimum atomic E-state index is -0.0691. The van der Waals surface area contributed by atoms with Crippen molar-refractivity contribution in [2.45, 2.75) is 58.0 Å². The summed E-state index contributed by atoms with van der Waals surface area (Å²) in [6.45, 7) is 3.84. The van der Waals surface area contributed by atoms with Crippen LogP contribution in [0.3, 0.4) is 0 Å². The zero-order chi connectivity index (χ0) is 11.3. The van der Waals surface area contributed by atoms with E-state index in [1.54, 1.807) is 6.92 Å². The molecule has 4 saturated carbocycles. The summed E-state index contributed by atoms with van der Waals surface area (Å²) in [4.78, 5) is 11.4. The van der Waals surface area contributed by atoms with Crippen molar-refractivity contribution >= 4 is 5.97 Å². The molecule has 4 bridgehead atoms. The van der Waals surface area contributed by atoms with E-state index in [9.17, 15) is 4.79 Å². The van der Waals surface area contributed by atoms with Crippen LogP contribution in [0.1, 0.15) is 52.4 Å². The monoisotopic (exact) mass is 222 g/mol. The van der Waals surface area contributed by atoms with Crippen LogP contribution < -0.4 is 0 Å². The number of carbonyl (C=O) groups excluding carboxylic acids is 1. The van der Waals surface area contributed by atoms with Gasteiger partial charge in [-0.1, -0.05) is 6.92 Å². The van der Waals surface area contributed by atoms with Gasteiger partial charge in [-0.2, -0.15) is 0 Å². The quantitative estimate of drug-likeness (QED) is 0.671. The van der Waals surface area contributed by atoms with Gasteiger partial charge in [-0.15, -0.1) is 0 Å². The van der Waals surface area contributed by atoms with Gasteiger partial charge in [-0.05, 0) is 56.3 Å². The summed E-state index contributed by atoms with van der Waals surface area (Å²) in [6.07, 6.45) is 7.68. The van der Waals surface area contributed by atoms with E-state index in [1.807, 2.05) is 0 Å². The Bertz CT molecular complexity index is 296. The third-order valence-electron chi connectivity index (χ3n) is 5.24. The summed E-state index contributed by atoms with van der Waals surface area (Å²) < 4.78 is 5.82. The molecule has 0 aromatic heterocycles. The fraction of sp³-hybridized carbons (Fsp3) is 0.929. The second-order valence-corrected chi connectivity index (χ2v) is 6.28. The van der Waals surface area contributed by atoms with Gasteiger partial charge in [0.15, 0.2) is 0 Å². The van der Waals surface area contributed by atoms with Crippen LogP contribution in [-0.4, -0.2) is 11.6 Å². The lowest BCUT2D eigenvalue weighted by Crippen LogP contribution is -2.58. The molecular weight excluding hydrogens is 200 g/mol. The molecule has 3 atom stereocenters. The van der Waals surface area contributed by atoms with E-state index < -0.39 is 0 Å². The first-order chi connectivity index (χ1) is 7.63. The van der Waals surface area contributed by atoms with E-state index in [4.69, 9.17) is 4.74 Å². The maximum absolute atomic E-state index is 11.4. The van der Waals surface area contributed by atoms with E-state index in [-0.39, 0.29) is 11.6 Å². The van der Waals surface area contributed by atoms with Gasteiger partial charge in [0.05, 0.1) is 0 Å². The van der Waals surface area contributed by atoms with E-state index in [2.05, 4.69) is 6.92 Å². The molecule has 4 fully saturated rings. The maximum atomic E-state index is 11.4. The Kier molecular flexibility index (Phi) is 2.31. The minimum absolute atomic E-state index is 0.0602. The zero-order valence-electron chi connectivity index (χ0n) is 10.4. The standard InChI is InChI=1S/C14H22O2/c1-3-13-12-5-10-4-11(6-12)8-14(13,7-10)16-9(2)15/h10-13H,3-8H2,1-2H3. The molecule has 0 radical (unpaired) electrons. The Labute approximate surface area is 97.7 Å². The normalized spacial score (nSPS) is 49.4. The van der Waals surface area contributed by atoms with Crippen LogP contribution in [0, 0.1) is 23.7 Å². The topological polar surface area (TPSA) is 26.3 Å².